The minimum absolute atomic E-state index is 0.607. The maximum absolute atomic E-state index is 5.57. The fourth-order valence-electron chi connectivity index (χ4n) is 1.81. The number of benzene rings is 1. The predicted octanol–water partition coefficient (Wildman–Crippen LogP) is 1.87. The van der Waals surface area contributed by atoms with E-state index in [0.717, 1.165) is 19.5 Å². The zero-order chi connectivity index (χ0) is 12.6. The zero-order valence-corrected chi connectivity index (χ0v) is 10.5. The lowest BCUT2D eigenvalue weighted by Gasteiger charge is -2.06. The number of hydrogen-bond donors (Lipinski definition) is 2. The zero-order valence-electron chi connectivity index (χ0n) is 10.5. The van der Waals surface area contributed by atoms with Crippen LogP contribution < -0.4 is 11.1 Å². The van der Waals surface area contributed by atoms with E-state index >= 15 is 0 Å². The first kappa shape index (κ1) is 12.7. The second-order valence-corrected chi connectivity index (χ2v) is 4.30. The molecule has 1 aromatic carbocycles. The largest absolute Gasteiger partial charge is 0.326 e. The van der Waals surface area contributed by atoms with Crippen LogP contribution in [0.2, 0.25) is 0 Å². The first-order valence-corrected chi connectivity index (χ1v) is 6.26. The number of nitrogens with two attached hydrogens (primary N) is 1. The normalized spacial score (nSPS) is 10.5. The number of nitrogens with one attached hydrogen (secondary N) is 1. The third-order valence-electron chi connectivity index (χ3n) is 2.93. The van der Waals surface area contributed by atoms with Gasteiger partial charge < -0.3 is 11.1 Å². The highest BCUT2D eigenvalue weighted by Crippen LogP contribution is 2.03. The topological polar surface area (TPSA) is 50.9 Å². The minimum atomic E-state index is 0.607. The van der Waals surface area contributed by atoms with Gasteiger partial charge in [0, 0.05) is 25.5 Å². The Balaban J connectivity index is 1.72. The van der Waals surface area contributed by atoms with Crippen LogP contribution in [0.5, 0.6) is 0 Å². The van der Waals surface area contributed by atoms with Crippen LogP contribution in [0, 0.1) is 0 Å². The number of nitrogens with zero attached hydrogens (tertiary/aromatic N) is 1. The Morgan fingerprint density at radius 1 is 0.889 bits per heavy atom. The molecule has 0 fully saturated rings. The fraction of sp³-hybridized carbons (Fsp3) is 0.267. The molecule has 3 N–H and O–H groups in total. The highest BCUT2D eigenvalue weighted by Gasteiger charge is 1.95. The van der Waals surface area contributed by atoms with E-state index in [1.54, 1.807) is 0 Å². The monoisotopic (exact) mass is 241 g/mol. The molecule has 3 nitrogen and oxygen atoms in total. The number of pyridine rings is 1. The van der Waals surface area contributed by atoms with Gasteiger partial charge in [0.15, 0.2) is 0 Å². The molecule has 0 amide bonds. The molecular formula is C15H19N3. The lowest BCUT2D eigenvalue weighted by atomic mass is 10.1. The average Bonchev–Trinajstić information content (AvgIpc) is 2.45. The van der Waals surface area contributed by atoms with Crippen LogP contribution in [-0.2, 0) is 19.5 Å². The van der Waals surface area contributed by atoms with Crippen molar-refractivity contribution in [2.24, 2.45) is 5.73 Å². The van der Waals surface area contributed by atoms with Crippen LogP contribution in [0.15, 0.2) is 48.8 Å². The molecule has 0 atom stereocenters. The molecule has 0 aliphatic carbocycles. The first-order chi connectivity index (χ1) is 8.88. The molecule has 2 aromatic rings. The van der Waals surface area contributed by atoms with Gasteiger partial charge in [-0.1, -0.05) is 24.3 Å². The SMILES string of the molecule is NCc1ccc(CNCCc2ccncc2)cc1. The number of aromatic nitrogens is 1. The summed E-state index contributed by atoms with van der Waals surface area (Å²) < 4.78 is 0. The van der Waals surface area contributed by atoms with Crippen molar-refractivity contribution in [1.82, 2.24) is 10.3 Å². The molecule has 2 rings (SSSR count). The van der Waals surface area contributed by atoms with Crippen molar-refractivity contribution in [1.29, 1.82) is 0 Å². The minimum Gasteiger partial charge on any atom is -0.326 e. The van der Waals surface area contributed by atoms with E-state index in [9.17, 15) is 0 Å². The van der Waals surface area contributed by atoms with Crippen LogP contribution >= 0.6 is 0 Å². The maximum Gasteiger partial charge on any atom is 0.0270 e. The second-order valence-electron chi connectivity index (χ2n) is 4.30. The molecule has 0 saturated carbocycles. The molecule has 0 aliphatic rings. The van der Waals surface area contributed by atoms with E-state index in [1.807, 2.05) is 12.4 Å². The van der Waals surface area contributed by atoms with E-state index in [2.05, 4.69) is 46.7 Å². The van der Waals surface area contributed by atoms with Crippen LogP contribution in [0.25, 0.3) is 0 Å². The molecule has 0 bridgehead atoms. The van der Waals surface area contributed by atoms with E-state index in [4.69, 9.17) is 5.73 Å². The van der Waals surface area contributed by atoms with Gasteiger partial charge in [-0.15, -0.1) is 0 Å². The summed E-state index contributed by atoms with van der Waals surface area (Å²) in [7, 11) is 0. The van der Waals surface area contributed by atoms with E-state index in [1.165, 1.54) is 16.7 Å². The number of rotatable bonds is 6. The van der Waals surface area contributed by atoms with Crippen molar-refractivity contribution in [2.45, 2.75) is 19.5 Å². The van der Waals surface area contributed by atoms with E-state index in [0.29, 0.717) is 6.54 Å². The molecule has 0 unspecified atom stereocenters. The van der Waals surface area contributed by atoms with Gasteiger partial charge >= 0.3 is 0 Å². The van der Waals surface area contributed by atoms with Gasteiger partial charge in [-0.05, 0) is 41.8 Å². The summed E-state index contributed by atoms with van der Waals surface area (Å²) in [5, 5.41) is 3.44. The Kier molecular flexibility index (Phi) is 4.88. The molecular weight excluding hydrogens is 222 g/mol. The Hall–Kier alpha value is -1.71. The van der Waals surface area contributed by atoms with Crippen molar-refractivity contribution >= 4 is 0 Å². The highest BCUT2D eigenvalue weighted by atomic mass is 14.8. The van der Waals surface area contributed by atoms with Crippen molar-refractivity contribution in [3.63, 3.8) is 0 Å². The summed E-state index contributed by atoms with van der Waals surface area (Å²) in [6.45, 7) is 2.48. The molecule has 3 heteroatoms. The van der Waals surface area contributed by atoms with Gasteiger partial charge in [0.2, 0.25) is 0 Å². The van der Waals surface area contributed by atoms with Crippen molar-refractivity contribution in [3.05, 3.63) is 65.5 Å². The lowest BCUT2D eigenvalue weighted by Crippen LogP contribution is -2.16. The summed E-state index contributed by atoms with van der Waals surface area (Å²) in [4.78, 5) is 4.01. The molecule has 1 aromatic heterocycles. The molecule has 0 spiro atoms. The summed E-state index contributed by atoms with van der Waals surface area (Å²) in [5.41, 5.74) is 9.35. The van der Waals surface area contributed by atoms with Crippen LogP contribution in [0.3, 0.4) is 0 Å². The standard InChI is InChI=1S/C15H19N3/c16-11-14-1-3-15(4-2-14)12-18-10-7-13-5-8-17-9-6-13/h1-6,8-9,18H,7,10-12,16H2. The Labute approximate surface area is 108 Å². The van der Waals surface area contributed by atoms with Crippen molar-refractivity contribution < 1.29 is 0 Å². The van der Waals surface area contributed by atoms with Gasteiger partial charge in [-0.3, -0.25) is 4.98 Å². The fourth-order valence-corrected chi connectivity index (χ4v) is 1.81. The van der Waals surface area contributed by atoms with Gasteiger partial charge in [0.1, 0.15) is 0 Å². The summed E-state index contributed by atoms with van der Waals surface area (Å²) in [6.07, 6.45) is 4.70. The maximum atomic E-state index is 5.57. The smallest absolute Gasteiger partial charge is 0.0270 e. The molecule has 94 valence electrons. The van der Waals surface area contributed by atoms with Gasteiger partial charge in [-0.25, -0.2) is 0 Å². The summed E-state index contributed by atoms with van der Waals surface area (Å²) >= 11 is 0. The van der Waals surface area contributed by atoms with Crippen LogP contribution in [0.1, 0.15) is 16.7 Å². The molecule has 0 aliphatic heterocycles. The molecule has 0 radical (unpaired) electrons. The van der Waals surface area contributed by atoms with E-state index in [-0.39, 0.29) is 0 Å². The highest BCUT2D eigenvalue weighted by molar-refractivity contribution is 5.22. The van der Waals surface area contributed by atoms with Crippen molar-refractivity contribution in [3.8, 4) is 0 Å². The van der Waals surface area contributed by atoms with Gasteiger partial charge in [0.05, 0.1) is 0 Å². The predicted molar refractivity (Wildman–Crippen MR) is 74.0 cm³/mol. The third-order valence-corrected chi connectivity index (χ3v) is 2.93. The second kappa shape index (κ2) is 6.89. The van der Waals surface area contributed by atoms with Gasteiger partial charge in [-0.2, -0.15) is 0 Å². The van der Waals surface area contributed by atoms with E-state index < -0.39 is 0 Å². The summed E-state index contributed by atoms with van der Waals surface area (Å²) in [6, 6.07) is 12.5. The average molecular weight is 241 g/mol. The number of hydrogen-bond acceptors (Lipinski definition) is 3. The first-order valence-electron chi connectivity index (χ1n) is 6.26. The van der Waals surface area contributed by atoms with Crippen LogP contribution in [-0.4, -0.2) is 11.5 Å². The Morgan fingerprint density at radius 2 is 1.56 bits per heavy atom. The molecule has 18 heavy (non-hydrogen) atoms. The Morgan fingerprint density at radius 3 is 2.22 bits per heavy atom. The Bertz CT molecular complexity index is 451. The van der Waals surface area contributed by atoms with Gasteiger partial charge in [0.25, 0.3) is 0 Å². The summed E-state index contributed by atoms with van der Waals surface area (Å²) in [5.74, 6) is 0. The molecule has 1 heterocycles. The quantitative estimate of drug-likeness (QED) is 0.759. The van der Waals surface area contributed by atoms with Crippen molar-refractivity contribution in [2.75, 3.05) is 6.54 Å². The molecule has 0 saturated heterocycles. The van der Waals surface area contributed by atoms with Crippen LogP contribution in [0.4, 0.5) is 0 Å². The lowest BCUT2D eigenvalue weighted by molar-refractivity contribution is 0.686. The third kappa shape index (κ3) is 3.95.